The van der Waals surface area contributed by atoms with Gasteiger partial charge in [0.15, 0.2) is 0 Å². The minimum absolute atomic E-state index is 0.0439. The number of alkyl halides is 3. The van der Waals surface area contributed by atoms with Gasteiger partial charge in [0.2, 0.25) is 21.8 Å². The molecule has 2 aromatic carbocycles. The van der Waals surface area contributed by atoms with Crippen LogP contribution < -0.4 is 9.62 Å². The van der Waals surface area contributed by atoms with E-state index in [4.69, 9.17) is 0 Å². The highest BCUT2D eigenvalue weighted by Gasteiger charge is 2.32. The maximum Gasteiger partial charge on any atom is 0.416 e. The number of carbonyl (C=O) groups excluding carboxylic acids is 2. The fraction of sp³-hybridized carbons (Fsp3) is 0.440. The summed E-state index contributed by atoms with van der Waals surface area (Å²) >= 11 is 3.36. The second-order valence-electron chi connectivity index (χ2n) is 8.60. The third-order valence-electron chi connectivity index (χ3n) is 5.60. The van der Waals surface area contributed by atoms with Crippen LogP contribution in [0.1, 0.15) is 44.2 Å². The minimum Gasteiger partial charge on any atom is -0.354 e. The number of hydrogen-bond acceptors (Lipinski definition) is 4. The molecule has 0 aliphatic heterocycles. The van der Waals surface area contributed by atoms with Crippen LogP contribution in [-0.2, 0) is 32.3 Å². The fourth-order valence-electron chi connectivity index (χ4n) is 3.61. The molecule has 2 amide bonds. The second kappa shape index (κ2) is 13.3. The number of benzene rings is 2. The molecule has 0 aliphatic carbocycles. The van der Waals surface area contributed by atoms with Crippen molar-refractivity contribution in [1.29, 1.82) is 0 Å². The van der Waals surface area contributed by atoms with Crippen molar-refractivity contribution in [2.45, 2.75) is 51.9 Å². The van der Waals surface area contributed by atoms with Crippen LogP contribution in [0.15, 0.2) is 53.0 Å². The third-order valence-corrected chi connectivity index (χ3v) is 7.32. The Hall–Kier alpha value is -2.60. The van der Waals surface area contributed by atoms with Crippen LogP contribution in [0.4, 0.5) is 18.9 Å². The molecule has 1 unspecified atom stereocenters. The highest BCUT2D eigenvalue weighted by Crippen LogP contribution is 2.32. The van der Waals surface area contributed by atoms with Crippen molar-refractivity contribution in [3.8, 4) is 0 Å². The molecule has 1 N–H and O–H groups in total. The summed E-state index contributed by atoms with van der Waals surface area (Å²) in [6, 6.07) is 10.5. The van der Waals surface area contributed by atoms with Crippen molar-refractivity contribution in [2.24, 2.45) is 0 Å². The Balaban J connectivity index is 2.19. The van der Waals surface area contributed by atoms with E-state index in [1.165, 1.54) is 11.0 Å². The number of rotatable bonds is 12. The van der Waals surface area contributed by atoms with E-state index >= 15 is 0 Å². The van der Waals surface area contributed by atoms with Gasteiger partial charge >= 0.3 is 6.18 Å². The molecule has 2 aromatic rings. The van der Waals surface area contributed by atoms with Gasteiger partial charge in [-0.15, -0.1) is 0 Å². The Bertz CT molecular complexity index is 1170. The number of amides is 2. The Labute approximate surface area is 224 Å². The summed E-state index contributed by atoms with van der Waals surface area (Å²) in [6.45, 7) is 3.95. The SMILES string of the molecule is CCCNC(=O)C(C)N(Cc1ccc(Br)cc1)C(=O)CCCN(c1cccc(C(F)(F)F)c1)S(C)(=O)=O. The molecule has 0 saturated carbocycles. The molecule has 2 rings (SSSR count). The highest BCUT2D eigenvalue weighted by atomic mass is 79.9. The van der Waals surface area contributed by atoms with E-state index in [0.29, 0.717) is 6.54 Å². The molecule has 0 aromatic heterocycles. The van der Waals surface area contributed by atoms with E-state index in [1.54, 1.807) is 6.92 Å². The van der Waals surface area contributed by atoms with Crippen molar-refractivity contribution in [2.75, 3.05) is 23.7 Å². The molecule has 0 heterocycles. The molecule has 0 fully saturated rings. The van der Waals surface area contributed by atoms with Crippen molar-refractivity contribution in [1.82, 2.24) is 10.2 Å². The van der Waals surface area contributed by atoms with Crippen LogP contribution in [0.5, 0.6) is 0 Å². The van der Waals surface area contributed by atoms with E-state index in [1.807, 2.05) is 31.2 Å². The van der Waals surface area contributed by atoms with Gasteiger partial charge < -0.3 is 10.2 Å². The number of anilines is 1. The first kappa shape index (κ1) is 30.6. The summed E-state index contributed by atoms with van der Waals surface area (Å²) in [6.07, 6.45) is -3.06. The van der Waals surface area contributed by atoms with Crippen LogP contribution in [0, 0.1) is 0 Å². The Morgan fingerprint density at radius 2 is 1.76 bits per heavy atom. The Kier molecular flexibility index (Phi) is 11.0. The van der Waals surface area contributed by atoms with E-state index in [-0.39, 0.29) is 43.4 Å². The first-order valence-corrected chi connectivity index (χ1v) is 14.3. The minimum atomic E-state index is -4.63. The second-order valence-corrected chi connectivity index (χ2v) is 11.4. The van der Waals surface area contributed by atoms with E-state index in [2.05, 4.69) is 21.2 Å². The van der Waals surface area contributed by atoms with Gasteiger partial charge in [-0.2, -0.15) is 13.2 Å². The monoisotopic (exact) mass is 605 g/mol. The lowest BCUT2D eigenvalue weighted by Crippen LogP contribution is -2.47. The molecule has 0 bridgehead atoms. The molecule has 0 radical (unpaired) electrons. The quantitative estimate of drug-likeness (QED) is 0.370. The summed E-state index contributed by atoms with van der Waals surface area (Å²) in [5, 5.41) is 2.78. The maximum atomic E-state index is 13.2. The Morgan fingerprint density at radius 3 is 2.32 bits per heavy atom. The molecular weight excluding hydrogens is 575 g/mol. The molecule has 0 aliphatic rings. The van der Waals surface area contributed by atoms with Gasteiger partial charge in [-0.3, -0.25) is 13.9 Å². The van der Waals surface area contributed by atoms with Gasteiger partial charge in [0, 0.05) is 30.5 Å². The first-order chi connectivity index (χ1) is 17.2. The van der Waals surface area contributed by atoms with Gasteiger partial charge in [0.25, 0.3) is 0 Å². The molecule has 0 spiro atoms. The highest BCUT2D eigenvalue weighted by molar-refractivity contribution is 9.10. The van der Waals surface area contributed by atoms with Gasteiger partial charge in [-0.25, -0.2) is 8.42 Å². The predicted octanol–water partition coefficient (Wildman–Crippen LogP) is 4.96. The zero-order valence-electron chi connectivity index (χ0n) is 20.9. The molecule has 7 nitrogen and oxygen atoms in total. The van der Waals surface area contributed by atoms with Crippen LogP contribution in [0.3, 0.4) is 0 Å². The van der Waals surface area contributed by atoms with E-state index in [9.17, 15) is 31.2 Å². The van der Waals surface area contributed by atoms with Crippen LogP contribution in [-0.4, -0.2) is 50.5 Å². The molecule has 0 saturated heterocycles. The summed E-state index contributed by atoms with van der Waals surface area (Å²) in [5.74, 6) is -0.686. The van der Waals surface area contributed by atoms with Gasteiger partial charge in [-0.1, -0.05) is 41.1 Å². The van der Waals surface area contributed by atoms with Crippen molar-refractivity contribution >= 4 is 43.5 Å². The molecule has 1 atom stereocenters. The predicted molar refractivity (Wildman–Crippen MR) is 140 cm³/mol. The summed E-state index contributed by atoms with van der Waals surface area (Å²) < 4.78 is 65.9. The number of nitrogens with one attached hydrogen (secondary N) is 1. The van der Waals surface area contributed by atoms with Crippen molar-refractivity contribution in [3.63, 3.8) is 0 Å². The van der Waals surface area contributed by atoms with Gasteiger partial charge in [0.1, 0.15) is 6.04 Å². The summed E-state index contributed by atoms with van der Waals surface area (Å²) in [5.41, 5.74) is -0.306. The zero-order valence-corrected chi connectivity index (χ0v) is 23.3. The summed E-state index contributed by atoms with van der Waals surface area (Å²) in [4.78, 5) is 27.2. The lowest BCUT2D eigenvalue weighted by molar-refractivity contribution is -0.140. The maximum absolute atomic E-state index is 13.2. The van der Waals surface area contributed by atoms with Crippen LogP contribution in [0.2, 0.25) is 0 Å². The zero-order chi connectivity index (χ0) is 27.8. The number of carbonyl (C=O) groups is 2. The van der Waals surface area contributed by atoms with Crippen molar-refractivity contribution in [3.05, 3.63) is 64.1 Å². The molecule has 12 heteroatoms. The smallest absolute Gasteiger partial charge is 0.354 e. The van der Waals surface area contributed by atoms with Gasteiger partial charge in [0.05, 0.1) is 17.5 Å². The average molecular weight is 607 g/mol. The topological polar surface area (TPSA) is 86.8 Å². The number of nitrogens with zero attached hydrogens (tertiary/aromatic N) is 2. The van der Waals surface area contributed by atoms with Crippen LogP contribution in [0.25, 0.3) is 0 Å². The standard InChI is InChI=1S/C25H31BrF3N3O4S/c1-4-14-30-24(34)18(2)31(17-19-10-12-21(26)13-11-19)23(33)9-6-15-32(37(3,35)36)22-8-5-7-20(16-22)25(27,28)29/h5,7-8,10-13,16,18H,4,6,9,14-15,17H2,1-3H3,(H,30,34). The number of halogens is 4. The third kappa shape index (κ3) is 9.33. The number of sulfonamides is 1. The van der Waals surface area contributed by atoms with E-state index < -0.39 is 27.8 Å². The van der Waals surface area contributed by atoms with Gasteiger partial charge in [-0.05, 0) is 55.7 Å². The largest absolute Gasteiger partial charge is 0.416 e. The van der Waals surface area contributed by atoms with E-state index in [0.717, 1.165) is 45.2 Å². The summed E-state index contributed by atoms with van der Waals surface area (Å²) in [7, 11) is -3.92. The van der Waals surface area contributed by atoms with Crippen LogP contribution >= 0.6 is 15.9 Å². The average Bonchev–Trinajstić information content (AvgIpc) is 2.83. The molecule has 37 heavy (non-hydrogen) atoms. The lowest BCUT2D eigenvalue weighted by Gasteiger charge is -2.29. The first-order valence-electron chi connectivity index (χ1n) is 11.7. The normalized spacial score (nSPS) is 12.6. The molecule has 204 valence electrons. The van der Waals surface area contributed by atoms with Crippen molar-refractivity contribution < 1.29 is 31.2 Å². The lowest BCUT2D eigenvalue weighted by atomic mass is 10.1. The fourth-order valence-corrected chi connectivity index (χ4v) is 4.83. The Morgan fingerprint density at radius 1 is 1.11 bits per heavy atom. The molecular formula is C25H31BrF3N3O4S. The number of hydrogen-bond donors (Lipinski definition) is 1.